The fraction of sp³-hybridized carbons (Fsp3) is 0.0165. The number of allylic oxidation sites excluding steroid dienone is 2. The molecule has 0 saturated carbocycles. The van der Waals surface area contributed by atoms with Gasteiger partial charge in [0.15, 0.2) is 0 Å². The number of aliphatic imine (C=N–C) groups is 1. The molecule has 31 rings (SSSR count). The standard InChI is InChI=1S/C121H78N20Si2/c1-5-35-81(36-6-1)142(82-37-7-2-8-38-82,85-68-66-79(67-69-85)131-94-49-18-13-44-87(94)88-45-14-19-50-95(88)131)113-75-111(138-105-60-29-25-56-101(105)134-97-52-21-16-47-90(97)123-118(134)138)127-115(129-113)141-108-63-32-28-59-104(108)137-110-73-78(65-71-93(110)126-121(137)141)77-64-70-92-109(72-77)136-102-57-26-30-61-106(102)139(119(136)125-92)112-76-114(130-116(128-112)140-107-62-31-27-58-103(107)135-98-53-22-17-48-91(98)124-120(135)140)143(83-39-9-3-10-40-83,84-41-11-4-12-42-84)86-43-33-34-80(74-86)132-99-54-23-24-55-100(99)133-96-51-20-15-46-89(96)122-117(132)133/h1-76,91,98H. The molecule has 1 aliphatic carbocycles. The summed E-state index contributed by atoms with van der Waals surface area (Å²) in [4.78, 5) is 57.0. The third-order valence-electron chi connectivity index (χ3n) is 29.9. The zero-order valence-electron chi connectivity index (χ0n) is 76.5. The Morgan fingerprint density at radius 1 is 0.224 bits per heavy atom. The average Bonchev–Trinajstić information content (AvgIpc) is 1.57. The number of imidazole rings is 8. The second kappa shape index (κ2) is 30.2. The molecule has 13 heterocycles. The number of para-hydroxylation sites is 16. The molecule has 2 unspecified atom stereocenters. The number of anilines is 3. The van der Waals surface area contributed by atoms with Gasteiger partial charge in [0.05, 0.1) is 123 Å². The molecule has 0 amide bonds. The van der Waals surface area contributed by atoms with E-state index in [9.17, 15) is 0 Å². The molecular weight excluding hydrogens is 1790 g/mol. The van der Waals surface area contributed by atoms with Crippen LogP contribution in [0.3, 0.4) is 0 Å². The predicted molar refractivity (Wildman–Crippen MR) is 581 cm³/mol. The number of fused-ring (bicyclic) bond motifs is 28. The van der Waals surface area contributed by atoms with Gasteiger partial charge in [-0.05, 0) is 188 Å². The molecule has 22 heteroatoms. The van der Waals surface area contributed by atoms with Crippen molar-refractivity contribution in [2.75, 3.05) is 9.80 Å². The first-order valence-corrected chi connectivity index (χ1v) is 52.3. The van der Waals surface area contributed by atoms with E-state index < -0.39 is 16.1 Å². The van der Waals surface area contributed by atoms with Crippen LogP contribution in [0.5, 0.6) is 0 Å². The third-order valence-corrected chi connectivity index (χ3v) is 39.1. The van der Waals surface area contributed by atoms with E-state index >= 15 is 0 Å². The summed E-state index contributed by atoms with van der Waals surface area (Å²) in [6, 6.07) is 158. The van der Waals surface area contributed by atoms with Gasteiger partial charge in [-0.1, -0.05) is 303 Å². The maximum Gasteiger partial charge on any atom is 0.238 e. The summed E-state index contributed by atoms with van der Waals surface area (Å²) in [6.45, 7) is 0. The lowest BCUT2D eigenvalue weighted by molar-refractivity contribution is 0.741. The van der Waals surface area contributed by atoms with Crippen LogP contribution in [0.25, 0.3) is 173 Å². The minimum atomic E-state index is -3.72. The highest BCUT2D eigenvalue weighted by atomic mass is 28.3. The van der Waals surface area contributed by atoms with Crippen LogP contribution < -0.4 is 51.6 Å². The molecular formula is C121H78N20Si2. The summed E-state index contributed by atoms with van der Waals surface area (Å²) in [5.41, 5.74) is 23.3. The van der Waals surface area contributed by atoms with Crippen LogP contribution in [0.1, 0.15) is 0 Å². The van der Waals surface area contributed by atoms with Crippen molar-refractivity contribution >= 4 is 214 Å². The Morgan fingerprint density at radius 3 is 1.10 bits per heavy atom. The van der Waals surface area contributed by atoms with Crippen LogP contribution in [0.4, 0.5) is 17.3 Å². The summed E-state index contributed by atoms with van der Waals surface area (Å²) in [5.74, 6) is 5.88. The highest BCUT2D eigenvalue weighted by Gasteiger charge is 2.50. The highest BCUT2D eigenvalue weighted by molar-refractivity contribution is 7.20. The zero-order chi connectivity index (χ0) is 93.4. The molecule has 2 atom stereocenters. The lowest BCUT2D eigenvalue weighted by Gasteiger charge is -2.34. The Hall–Kier alpha value is -19.0. The SMILES string of the molecule is C1=CC2N=C3N(c4nc(-n5c6ccccc6n6c7cc(-c8ccc9nc%10n(-c%11nc(-n%12c%13ccccc%13n%13c%14ccccc%14nc%12%13)cc([Si](c%12ccccc%12)(c%12ccccc%12)c%12ccc(-n%13c%14ccccc%14c%14ccccc%14%13)cc%12)n%11)c%11ccccc%11n%10c9c8)ccc7nc56)cc([Si](c5ccccc5)(c5ccccc5)c5cccc(-n6c7ccccc7n7c8ccccc8nc67)c5)n4)c4ccccc4N3C2C=C1. The van der Waals surface area contributed by atoms with Crippen LogP contribution in [-0.2, 0) is 0 Å². The van der Waals surface area contributed by atoms with Crippen molar-refractivity contribution in [2.24, 2.45) is 4.99 Å². The van der Waals surface area contributed by atoms with Crippen molar-refractivity contribution in [3.63, 3.8) is 0 Å². The highest BCUT2D eigenvalue weighted by Crippen LogP contribution is 2.47. The summed E-state index contributed by atoms with van der Waals surface area (Å²) in [6.07, 6.45) is 8.70. The van der Waals surface area contributed by atoms with Gasteiger partial charge >= 0.3 is 0 Å². The number of guanidine groups is 1. The van der Waals surface area contributed by atoms with Crippen molar-refractivity contribution in [1.29, 1.82) is 0 Å². The van der Waals surface area contributed by atoms with Gasteiger partial charge in [0.1, 0.15) is 11.6 Å². The Labute approximate surface area is 817 Å². The Kier molecular flexibility index (Phi) is 16.7. The zero-order valence-corrected chi connectivity index (χ0v) is 78.5. The second-order valence-corrected chi connectivity index (χ2v) is 44.8. The van der Waals surface area contributed by atoms with Crippen LogP contribution in [0.2, 0.25) is 0 Å². The lowest BCUT2D eigenvalue weighted by atomic mass is 10.0. The van der Waals surface area contributed by atoms with E-state index in [0.29, 0.717) is 35.1 Å². The van der Waals surface area contributed by atoms with E-state index in [-0.39, 0.29) is 12.1 Å². The van der Waals surface area contributed by atoms with Crippen molar-refractivity contribution in [3.05, 3.63) is 461 Å². The molecule has 2 aliphatic heterocycles. The minimum Gasteiger partial charge on any atom is -0.309 e. The largest absolute Gasteiger partial charge is 0.309 e. The van der Waals surface area contributed by atoms with E-state index in [2.05, 4.69) is 511 Å². The van der Waals surface area contributed by atoms with E-state index in [1.54, 1.807) is 0 Å². The Morgan fingerprint density at radius 2 is 0.594 bits per heavy atom. The first kappa shape index (κ1) is 79.1. The van der Waals surface area contributed by atoms with E-state index in [4.69, 9.17) is 44.9 Å². The van der Waals surface area contributed by atoms with Crippen LogP contribution in [0.15, 0.2) is 466 Å². The molecule has 143 heavy (non-hydrogen) atoms. The number of hydrogen-bond donors (Lipinski definition) is 0. The van der Waals surface area contributed by atoms with Gasteiger partial charge in [0, 0.05) is 44.9 Å². The number of rotatable bonds is 15. The van der Waals surface area contributed by atoms with Gasteiger partial charge in [0.2, 0.25) is 57.1 Å². The number of aromatic nitrogens is 17. The Bertz CT molecular complexity index is 10200. The molecule has 0 radical (unpaired) electrons. The number of hydrogen-bond acceptors (Lipinski definition) is 11. The molecule has 0 spiro atoms. The summed E-state index contributed by atoms with van der Waals surface area (Å²) in [7, 11) is -7.33. The fourth-order valence-electron chi connectivity index (χ4n) is 23.9. The second-order valence-electron chi connectivity index (χ2n) is 37.3. The maximum atomic E-state index is 6.20. The predicted octanol–water partition coefficient (Wildman–Crippen LogP) is 20.0. The van der Waals surface area contributed by atoms with Gasteiger partial charge in [-0.15, -0.1) is 0 Å². The third kappa shape index (κ3) is 11.2. The molecule has 0 saturated heterocycles. The molecule has 0 N–H and O–H groups in total. The van der Waals surface area contributed by atoms with Crippen molar-refractivity contribution in [1.82, 2.24) is 80.3 Å². The fourth-order valence-corrected chi connectivity index (χ4v) is 33.0. The summed E-state index contributed by atoms with van der Waals surface area (Å²) in [5, 5.41) is 11.0. The molecule has 11 aromatic heterocycles. The first-order valence-electron chi connectivity index (χ1n) is 48.3. The Balaban J connectivity index is 0.606. The van der Waals surface area contributed by atoms with Crippen LogP contribution >= 0.6 is 0 Å². The normalized spacial score (nSPS) is 14.4. The van der Waals surface area contributed by atoms with Gasteiger partial charge in [-0.3, -0.25) is 31.3 Å². The van der Waals surface area contributed by atoms with Crippen LogP contribution in [-0.4, -0.2) is 115 Å². The van der Waals surface area contributed by atoms with Crippen LogP contribution in [0, 0.1) is 0 Å². The van der Waals surface area contributed by atoms with Gasteiger partial charge in [-0.2, -0.15) is 9.97 Å². The van der Waals surface area contributed by atoms with Gasteiger partial charge in [0.25, 0.3) is 0 Å². The number of nitrogens with zero attached hydrogens (tertiary/aromatic N) is 20. The molecule has 28 aromatic rings. The first-order chi connectivity index (χ1) is 70.9. The van der Waals surface area contributed by atoms with Crippen molar-refractivity contribution in [2.45, 2.75) is 12.1 Å². The maximum absolute atomic E-state index is 6.20. The quantitative estimate of drug-likeness (QED) is 0.0712. The average molecular weight is 1870 g/mol. The monoisotopic (exact) mass is 1870 g/mol. The molecule has 0 fully saturated rings. The number of benzene rings is 17. The van der Waals surface area contributed by atoms with Gasteiger partial charge in [-0.25, -0.2) is 44.4 Å². The minimum absolute atomic E-state index is 0.0577. The van der Waals surface area contributed by atoms with Crippen molar-refractivity contribution in [3.8, 4) is 40.1 Å². The molecule has 17 aromatic carbocycles. The molecule has 20 nitrogen and oxygen atoms in total. The molecule has 0 bridgehead atoms. The summed E-state index contributed by atoms with van der Waals surface area (Å²) < 4.78 is 20.6. The van der Waals surface area contributed by atoms with Gasteiger partial charge < -0.3 is 9.47 Å². The van der Waals surface area contributed by atoms with E-state index in [0.717, 1.165) is 192 Å². The van der Waals surface area contributed by atoms with E-state index in [1.165, 1.54) is 10.8 Å². The van der Waals surface area contributed by atoms with E-state index in [1.807, 2.05) is 0 Å². The smallest absolute Gasteiger partial charge is 0.238 e. The summed E-state index contributed by atoms with van der Waals surface area (Å²) >= 11 is 0. The molecule has 670 valence electrons. The topological polar surface area (TPSA) is 164 Å². The lowest BCUT2D eigenvalue weighted by Crippen LogP contribution is -2.75. The molecule has 3 aliphatic rings. The van der Waals surface area contributed by atoms with Crippen molar-refractivity contribution < 1.29 is 0 Å².